The predicted molar refractivity (Wildman–Crippen MR) is 68.7 cm³/mol. The molecule has 3 saturated carbocycles. The normalized spacial score (nSPS) is 32.8. The molecule has 110 valence electrons. The van der Waals surface area contributed by atoms with Crippen molar-refractivity contribution in [2.75, 3.05) is 6.54 Å². The van der Waals surface area contributed by atoms with Crippen molar-refractivity contribution >= 4 is 0 Å². The third-order valence-electron chi connectivity index (χ3n) is 5.29. The molecule has 0 amide bonds. The Kier molecular flexibility index (Phi) is 3.80. The van der Waals surface area contributed by atoms with Gasteiger partial charge in [-0.2, -0.15) is 13.2 Å². The summed E-state index contributed by atoms with van der Waals surface area (Å²) >= 11 is 0. The van der Waals surface area contributed by atoms with E-state index in [0.717, 1.165) is 24.3 Å². The van der Waals surface area contributed by atoms with Gasteiger partial charge in [0, 0.05) is 6.04 Å². The van der Waals surface area contributed by atoms with Gasteiger partial charge in [-0.25, -0.2) is 0 Å². The van der Waals surface area contributed by atoms with Gasteiger partial charge >= 0.3 is 6.18 Å². The number of hydrogen-bond acceptors (Lipinski definition) is 1. The Balaban J connectivity index is 1.39. The van der Waals surface area contributed by atoms with Gasteiger partial charge in [0.15, 0.2) is 0 Å². The molecule has 0 unspecified atom stereocenters. The van der Waals surface area contributed by atoms with E-state index in [0.29, 0.717) is 31.7 Å². The monoisotopic (exact) mass is 275 g/mol. The molecule has 0 aromatic rings. The molecule has 4 heteroatoms. The summed E-state index contributed by atoms with van der Waals surface area (Å²) in [6, 6.07) is 0.332. The Morgan fingerprint density at radius 2 is 1.37 bits per heavy atom. The minimum absolute atomic E-state index is 0.318. The largest absolute Gasteiger partial charge is 0.391 e. The second kappa shape index (κ2) is 5.27. The quantitative estimate of drug-likeness (QED) is 0.795. The highest BCUT2D eigenvalue weighted by Crippen LogP contribution is 2.49. The molecule has 0 saturated heterocycles. The van der Waals surface area contributed by atoms with Gasteiger partial charge in [-0.05, 0) is 75.7 Å². The van der Waals surface area contributed by atoms with Crippen LogP contribution in [-0.4, -0.2) is 18.8 Å². The standard InChI is InChI=1S/C15H24F3N/c16-15(17,18)12-5-7-13(8-6-12)19-9-14(10-1-2-10)11-3-4-11/h10-14,19H,1-9H2. The molecule has 0 spiro atoms. The number of rotatable bonds is 5. The molecule has 1 nitrogen and oxygen atoms in total. The summed E-state index contributed by atoms with van der Waals surface area (Å²) in [5, 5.41) is 3.57. The van der Waals surface area contributed by atoms with Gasteiger partial charge in [0.25, 0.3) is 0 Å². The van der Waals surface area contributed by atoms with Crippen LogP contribution in [0.4, 0.5) is 13.2 Å². The molecule has 0 atom stereocenters. The Labute approximate surface area is 113 Å². The molecular weight excluding hydrogens is 251 g/mol. The highest BCUT2D eigenvalue weighted by molar-refractivity contribution is 4.93. The summed E-state index contributed by atoms with van der Waals surface area (Å²) in [4.78, 5) is 0. The van der Waals surface area contributed by atoms with E-state index in [4.69, 9.17) is 0 Å². The van der Waals surface area contributed by atoms with Crippen LogP contribution in [-0.2, 0) is 0 Å². The molecule has 0 bridgehead atoms. The van der Waals surface area contributed by atoms with Gasteiger partial charge in [0.2, 0.25) is 0 Å². The maximum absolute atomic E-state index is 12.6. The highest BCUT2D eigenvalue weighted by Gasteiger charge is 2.43. The summed E-state index contributed by atoms with van der Waals surface area (Å²) in [5.74, 6) is 1.62. The van der Waals surface area contributed by atoms with Gasteiger partial charge in [0.05, 0.1) is 5.92 Å². The fraction of sp³-hybridized carbons (Fsp3) is 1.00. The molecule has 0 aliphatic heterocycles. The average molecular weight is 275 g/mol. The van der Waals surface area contributed by atoms with Crippen molar-refractivity contribution in [3.8, 4) is 0 Å². The Morgan fingerprint density at radius 3 is 1.79 bits per heavy atom. The van der Waals surface area contributed by atoms with Crippen molar-refractivity contribution < 1.29 is 13.2 Å². The number of alkyl halides is 3. The Hall–Kier alpha value is -0.250. The molecule has 3 rings (SSSR count). The third kappa shape index (κ3) is 3.65. The van der Waals surface area contributed by atoms with Gasteiger partial charge in [-0.3, -0.25) is 0 Å². The lowest BCUT2D eigenvalue weighted by Gasteiger charge is -2.31. The molecule has 0 heterocycles. The van der Waals surface area contributed by atoms with Crippen molar-refractivity contribution in [3.05, 3.63) is 0 Å². The topological polar surface area (TPSA) is 12.0 Å². The zero-order chi connectivity index (χ0) is 13.5. The first-order valence-electron chi connectivity index (χ1n) is 7.84. The summed E-state index contributed by atoms with van der Waals surface area (Å²) in [7, 11) is 0. The molecule has 1 N–H and O–H groups in total. The third-order valence-corrected chi connectivity index (χ3v) is 5.29. The van der Waals surface area contributed by atoms with Gasteiger partial charge in [0.1, 0.15) is 0 Å². The summed E-state index contributed by atoms with van der Waals surface area (Å²) in [6.45, 7) is 1.05. The highest BCUT2D eigenvalue weighted by atomic mass is 19.4. The van der Waals surface area contributed by atoms with Crippen LogP contribution in [0, 0.1) is 23.7 Å². The van der Waals surface area contributed by atoms with Crippen LogP contribution in [0.5, 0.6) is 0 Å². The second-order valence-corrected chi connectivity index (χ2v) is 6.84. The van der Waals surface area contributed by atoms with Crippen molar-refractivity contribution in [3.63, 3.8) is 0 Å². The fourth-order valence-corrected chi connectivity index (χ4v) is 3.69. The van der Waals surface area contributed by atoms with Gasteiger partial charge < -0.3 is 5.32 Å². The molecular formula is C15H24F3N. The predicted octanol–water partition coefficient (Wildman–Crippen LogP) is 4.13. The van der Waals surface area contributed by atoms with Crippen molar-refractivity contribution in [1.82, 2.24) is 5.32 Å². The molecule has 0 aromatic heterocycles. The SMILES string of the molecule is FC(F)(F)C1CCC(NCC(C2CC2)C2CC2)CC1. The molecule has 0 aromatic carbocycles. The van der Waals surface area contributed by atoms with Crippen LogP contribution in [0.25, 0.3) is 0 Å². The number of nitrogens with one attached hydrogen (secondary N) is 1. The minimum atomic E-state index is -3.98. The summed E-state index contributed by atoms with van der Waals surface area (Å²) in [6.07, 6.45) is 3.58. The molecule has 3 aliphatic carbocycles. The smallest absolute Gasteiger partial charge is 0.314 e. The van der Waals surface area contributed by atoms with Crippen molar-refractivity contribution in [1.29, 1.82) is 0 Å². The Bertz CT molecular complexity index is 287. The van der Waals surface area contributed by atoms with Crippen LogP contribution in [0.15, 0.2) is 0 Å². The average Bonchev–Trinajstić information content (AvgIpc) is 3.23. The van der Waals surface area contributed by atoms with Crippen LogP contribution in [0.2, 0.25) is 0 Å². The van der Waals surface area contributed by atoms with Crippen LogP contribution >= 0.6 is 0 Å². The number of halogens is 3. The van der Waals surface area contributed by atoms with Gasteiger partial charge in [-0.1, -0.05) is 0 Å². The van der Waals surface area contributed by atoms with Crippen LogP contribution < -0.4 is 5.32 Å². The van der Waals surface area contributed by atoms with E-state index < -0.39 is 12.1 Å². The molecule has 3 aliphatic rings. The maximum Gasteiger partial charge on any atom is 0.391 e. The van der Waals surface area contributed by atoms with Gasteiger partial charge in [-0.15, -0.1) is 0 Å². The Morgan fingerprint density at radius 1 is 0.842 bits per heavy atom. The lowest BCUT2D eigenvalue weighted by Crippen LogP contribution is -2.39. The zero-order valence-corrected chi connectivity index (χ0v) is 11.4. The first-order chi connectivity index (χ1) is 9.04. The van der Waals surface area contributed by atoms with E-state index in [2.05, 4.69) is 5.32 Å². The summed E-state index contributed by atoms with van der Waals surface area (Å²) in [5.41, 5.74) is 0. The molecule has 19 heavy (non-hydrogen) atoms. The maximum atomic E-state index is 12.6. The van der Waals surface area contributed by atoms with E-state index in [-0.39, 0.29) is 0 Å². The first kappa shape index (κ1) is 13.7. The van der Waals surface area contributed by atoms with Crippen LogP contribution in [0.1, 0.15) is 51.4 Å². The van der Waals surface area contributed by atoms with Crippen molar-refractivity contribution in [2.45, 2.75) is 63.6 Å². The van der Waals surface area contributed by atoms with E-state index in [1.807, 2.05) is 0 Å². The first-order valence-corrected chi connectivity index (χ1v) is 7.84. The summed E-state index contributed by atoms with van der Waals surface area (Å²) < 4.78 is 37.8. The zero-order valence-electron chi connectivity index (χ0n) is 11.4. The van der Waals surface area contributed by atoms with E-state index in [9.17, 15) is 13.2 Å². The lowest BCUT2D eigenvalue weighted by molar-refractivity contribution is -0.182. The fourth-order valence-electron chi connectivity index (χ4n) is 3.69. The minimum Gasteiger partial charge on any atom is -0.314 e. The lowest BCUT2D eigenvalue weighted by atomic mass is 9.85. The van der Waals surface area contributed by atoms with E-state index in [1.165, 1.54) is 25.7 Å². The van der Waals surface area contributed by atoms with E-state index >= 15 is 0 Å². The van der Waals surface area contributed by atoms with E-state index in [1.54, 1.807) is 0 Å². The second-order valence-electron chi connectivity index (χ2n) is 6.84. The molecule has 3 fully saturated rings. The van der Waals surface area contributed by atoms with Crippen molar-refractivity contribution in [2.24, 2.45) is 23.7 Å². The van der Waals surface area contributed by atoms with Crippen LogP contribution in [0.3, 0.4) is 0 Å². The number of hydrogen-bond donors (Lipinski definition) is 1. The molecule has 0 radical (unpaired) electrons.